The predicted octanol–water partition coefficient (Wildman–Crippen LogP) is 0.395. The second-order valence-corrected chi connectivity index (χ2v) is 3.84. The van der Waals surface area contributed by atoms with Gasteiger partial charge in [0, 0.05) is 13.7 Å². The number of rotatable bonds is 3. The molecule has 0 aromatic carbocycles. The van der Waals surface area contributed by atoms with Crippen LogP contribution in [0.1, 0.15) is 26.2 Å². The summed E-state index contributed by atoms with van der Waals surface area (Å²) < 4.78 is 5.38. The zero-order chi connectivity index (χ0) is 10.6. The summed E-state index contributed by atoms with van der Waals surface area (Å²) in [4.78, 5) is 13.4. The van der Waals surface area contributed by atoms with Crippen LogP contribution in [0.25, 0.3) is 0 Å². The number of nitrogens with zero attached hydrogens (tertiary/aromatic N) is 1. The van der Waals surface area contributed by atoms with Crippen molar-refractivity contribution in [3.05, 3.63) is 0 Å². The van der Waals surface area contributed by atoms with E-state index in [0.29, 0.717) is 6.61 Å². The molecule has 4 nitrogen and oxygen atoms in total. The maximum absolute atomic E-state index is 11.8. The van der Waals surface area contributed by atoms with Crippen LogP contribution in [-0.2, 0) is 9.53 Å². The average Bonchev–Trinajstić information content (AvgIpc) is 2.27. The Hall–Kier alpha value is -0.610. The summed E-state index contributed by atoms with van der Waals surface area (Å²) in [6.45, 7) is 2.49. The minimum absolute atomic E-state index is 0.00500. The number of hydrogen-bond acceptors (Lipinski definition) is 3. The SMILES string of the molecule is CC(CO)N(C)C(=O)C1CCCCO1. The van der Waals surface area contributed by atoms with Gasteiger partial charge in [-0.3, -0.25) is 4.79 Å². The molecule has 0 bridgehead atoms. The maximum atomic E-state index is 11.8. The molecule has 0 aromatic heterocycles. The van der Waals surface area contributed by atoms with Gasteiger partial charge >= 0.3 is 0 Å². The summed E-state index contributed by atoms with van der Waals surface area (Å²) in [7, 11) is 1.71. The Labute approximate surface area is 84.8 Å². The topological polar surface area (TPSA) is 49.8 Å². The third-order valence-corrected chi connectivity index (χ3v) is 2.73. The molecule has 0 saturated carbocycles. The number of amides is 1. The third kappa shape index (κ3) is 2.69. The van der Waals surface area contributed by atoms with E-state index in [-0.39, 0.29) is 24.7 Å². The Kier molecular flexibility index (Phi) is 4.35. The van der Waals surface area contributed by atoms with Gasteiger partial charge in [-0.25, -0.2) is 0 Å². The monoisotopic (exact) mass is 201 g/mol. The van der Waals surface area contributed by atoms with Crippen LogP contribution in [0.4, 0.5) is 0 Å². The van der Waals surface area contributed by atoms with Gasteiger partial charge in [0.05, 0.1) is 12.6 Å². The number of hydrogen-bond donors (Lipinski definition) is 1. The van der Waals surface area contributed by atoms with Crippen LogP contribution in [0.15, 0.2) is 0 Å². The minimum atomic E-state index is -0.289. The Morgan fingerprint density at radius 1 is 1.64 bits per heavy atom. The van der Waals surface area contributed by atoms with Crippen molar-refractivity contribution in [2.75, 3.05) is 20.3 Å². The van der Waals surface area contributed by atoms with Crippen LogP contribution in [-0.4, -0.2) is 48.3 Å². The predicted molar refractivity (Wildman–Crippen MR) is 52.9 cm³/mol. The van der Waals surface area contributed by atoms with Gasteiger partial charge < -0.3 is 14.7 Å². The molecule has 1 saturated heterocycles. The van der Waals surface area contributed by atoms with Crippen molar-refractivity contribution in [3.63, 3.8) is 0 Å². The fraction of sp³-hybridized carbons (Fsp3) is 0.900. The second-order valence-electron chi connectivity index (χ2n) is 3.84. The smallest absolute Gasteiger partial charge is 0.251 e. The highest BCUT2D eigenvalue weighted by Gasteiger charge is 2.26. The van der Waals surface area contributed by atoms with Crippen molar-refractivity contribution in [1.82, 2.24) is 4.90 Å². The number of carbonyl (C=O) groups is 1. The average molecular weight is 201 g/mol. The first kappa shape index (κ1) is 11.5. The first-order valence-electron chi connectivity index (χ1n) is 5.16. The lowest BCUT2D eigenvalue weighted by Gasteiger charge is -2.29. The van der Waals surface area contributed by atoms with Gasteiger partial charge in [0.1, 0.15) is 6.10 Å². The Balaban J connectivity index is 2.46. The van der Waals surface area contributed by atoms with E-state index in [9.17, 15) is 4.79 Å². The van der Waals surface area contributed by atoms with Crippen molar-refractivity contribution in [2.45, 2.75) is 38.3 Å². The highest BCUT2D eigenvalue weighted by atomic mass is 16.5. The summed E-state index contributed by atoms with van der Waals surface area (Å²) >= 11 is 0. The van der Waals surface area contributed by atoms with E-state index in [0.717, 1.165) is 19.3 Å². The molecule has 1 rings (SSSR count). The van der Waals surface area contributed by atoms with Crippen molar-refractivity contribution < 1.29 is 14.6 Å². The summed E-state index contributed by atoms with van der Waals surface area (Å²) in [5, 5.41) is 8.92. The number of carbonyl (C=O) groups excluding carboxylic acids is 1. The number of aliphatic hydroxyl groups is 1. The van der Waals surface area contributed by atoms with E-state index in [1.807, 2.05) is 6.92 Å². The maximum Gasteiger partial charge on any atom is 0.251 e. The number of aliphatic hydroxyl groups excluding tert-OH is 1. The summed E-state index contributed by atoms with van der Waals surface area (Å²) in [5.41, 5.74) is 0. The first-order chi connectivity index (χ1) is 6.66. The van der Waals surface area contributed by atoms with Gasteiger partial charge in [-0.15, -0.1) is 0 Å². The van der Waals surface area contributed by atoms with Gasteiger partial charge in [0.15, 0.2) is 0 Å². The quantitative estimate of drug-likeness (QED) is 0.719. The lowest BCUT2D eigenvalue weighted by atomic mass is 10.1. The molecule has 1 N–H and O–H groups in total. The Morgan fingerprint density at radius 2 is 2.36 bits per heavy atom. The molecule has 0 aromatic rings. The van der Waals surface area contributed by atoms with E-state index in [4.69, 9.17) is 9.84 Å². The van der Waals surface area contributed by atoms with Crippen LogP contribution in [0.5, 0.6) is 0 Å². The largest absolute Gasteiger partial charge is 0.394 e. The highest BCUT2D eigenvalue weighted by Crippen LogP contribution is 2.15. The molecule has 1 amide bonds. The molecule has 0 radical (unpaired) electrons. The van der Waals surface area contributed by atoms with E-state index in [1.165, 1.54) is 0 Å². The van der Waals surface area contributed by atoms with E-state index >= 15 is 0 Å². The van der Waals surface area contributed by atoms with Gasteiger partial charge in [0.25, 0.3) is 5.91 Å². The summed E-state index contributed by atoms with van der Waals surface area (Å²) in [5.74, 6) is -0.00810. The summed E-state index contributed by atoms with van der Waals surface area (Å²) in [6.07, 6.45) is 2.62. The molecule has 0 spiro atoms. The van der Waals surface area contributed by atoms with Crippen molar-refractivity contribution >= 4 is 5.91 Å². The molecule has 0 aliphatic carbocycles. The van der Waals surface area contributed by atoms with Crippen LogP contribution < -0.4 is 0 Å². The molecule has 1 fully saturated rings. The van der Waals surface area contributed by atoms with Gasteiger partial charge in [0.2, 0.25) is 0 Å². The van der Waals surface area contributed by atoms with E-state index in [1.54, 1.807) is 11.9 Å². The lowest BCUT2D eigenvalue weighted by molar-refractivity contribution is -0.147. The minimum Gasteiger partial charge on any atom is -0.394 e. The molecule has 1 aliphatic rings. The molecular formula is C10H19NO3. The highest BCUT2D eigenvalue weighted by molar-refractivity contribution is 5.81. The fourth-order valence-corrected chi connectivity index (χ4v) is 1.50. The third-order valence-electron chi connectivity index (χ3n) is 2.73. The molecule has 1 aliphatic heterocycles. The fourth-order valence-electron chi connectivity index (χ4n) is 1.50. The van der Waals surface area contributed by atoms with E-state index in [2.05, 4.69) is 0 Å². The van der Waals surface area contributed by atoms with Crippen LogP contribution in [0.2, 0.25) is 0 Å². The molecule has 4 heteroatoms. The number of likely N-dealkylation sites (N-methyl/N-ethyl adjacent to an activating group) is 1. The van der Waals surface area contributed by atoms with Gasteiger partial charge in [-0.05, 0) is 26.2 Å². The molecule has 82 valence electrons. The molecule has 1 heterocycles. The van der Waals surface area contributed by atoms with Crippen molar-refractivity contribution in [1.29, 1.82) is 0 Å². The normalized spacial score (nSPS) is 24.4. The van der Waals surface area contributed by atoms with Crippen LogP contribution in [0, 0.1) is 0 Å². The van der Waals surface area contributed by atoms with Crippen LogP contribution >= 0.6 is 0 Å². The Morgan fingerprint density at radius 3 is 2.86 bits per heavy atom. The molecule has 2 unspecified atom stereocenters. The second kappa shape index (κ2) is 5.32. The number of ether oxygens (including phenoxy) is 1. The van der Waals surface area contributed by atoms with Crippen LogP contribution in [0.3, 0.4) is 0 Å². The zero-order valence-corrected chi connectivity index (χ0v) is 8.90. The standard InChI is InChI=1S/C10H19NO3/c1-8(7-12)11(2)10(13)9-5-3-4-6-14-9/h8-9,12H,3-7H2,1-2H3. The van der Waals surface area contributed by atoms with E-state index < -0.39 is 0 Å². The zero-order valence-electron chi connectivity index (χ0n) is 8.90. The van der Waals surface area contributed by atoms with Gasteiger partial charge in [-0.1, -0.05) is 0 Å². The summed E-state index contributed by atoms with van der Waals surface area (Å²) in [6, 6.07) is -0.131. The first-order valence-corrected chi connectivity index (χ1v) is 5.16. The van der Waals surface area contributed by atoms with Crippen molar-refractivity contribution in [2.24, 2.45) is 0 Å². The molecular weight excluding hydrogens is 182 g/mol. The molecule has 14 heavy (non-hydrogen) atoms. The van der Waals surface area contributed by atoms with Gasteiger partial charge in [-0.2, -0.15) is 0 Å². The lowest BCUT2D eigenvalue weighted by Crippen LogP contribution is -2.45. The Bertz CT molecular complexity index is 186. The van der Waals surface area contributed by atoms with Crippen molar-refractivity contribution in [3.8, 4) is 0 Å². The molecule has 2 atom stereocenters.